The molecule has 254 valence electrons. The monoisotopic (exact) mass is 756 g/mol. The second-order valence-corrected chi connectivity index (χ2v) is 32.7. The van der Waals surface area contributed by atoms with E-state index in [1.807, 2.05) is 0 Å². The summed E-state index contributed by atoms with van der Waals surface area (Å²) in [5.41, 5.74) is 16.2. The van der Waals surface area contributed by atoms with Crippen LogP contribution in [0.25, 0.3) is 22.3 Å². The van der Waals surface area contributed by atoms with Gasteiger partial charge in [-0.25, -0.2) is 0 Å². The Hall–Kier alpha value is -2.05. The van der Waals surface area contributed by atoms with Crippen LogP contribution in [0.5, 0.6) is 0 Å². The molecule has 3 aromatic rings. The number of hydrogen-bond donors (Lipinski definition) is 0. The van der Waals surface area contributed by atoms with Gasteiger partial charge in [0.1, 0.15) is 0 Å². The van der Waals surface area contributed by atoms with E-state index in [1.54, 1.807) is 12.1 Å². The van der Waals surface area contributed by atoms with E-state index in [1.165, 1.54) is 58.9 Å². The minimum atomic E-state index is -4.31. The fourth-order valence-electron chi connectivity index (χ4n) is 9.89. The van der Waals surface area contributed by atoms with Crippen molar-refractivity contribution >= 4 is 43.4 Å². The molecule has 0 saturated carbocycles. The molecular weight excluding hydrogens is 703 g/mol. The number of benzene rings is 3. The topological polar surface area (TPSA) is 0 Å². The molecule has 0 bridgehead atoms. The van der Waals surface area contributed by atoms with E-state index in [4.69, 9.17) is 4.21 Å². The first kappa shape index (κ1) is 37.2. The van der Waals surface area contributed by atoms with Crippen LogP contribution in [0.15, 0.2) is 79.4 Å². The van der Waals surface area contributed by atoms with Gasteiger partial charge >= 0.3 is 282 Å². The molecule has 3 aromatic carbocycles. The second-order valence-electron chi connectivity index (χ2n) is 18.6. The SMILES string of the molecule is Cl.Cl.[CH2]=[Zr]([CH3])([C]1=CC=CC1)([C]1=C(C(C)(C)C)c2cc3c(cc2C1(C)C)Cc1cc2c(cc1-3)C(C(C)(C)C)=CC2(C)C)[c]1ccc(C)cc1. The van der Waals surface area contributed by atoms with Gasteiger partial charge in [0.2, 0.25) is 0 Å². The zero-order valence-electron chi connectivity index (χ0n) is 31.4. The third-order valence-electron chi connectivity index (χ3n) is 12.2. The fourth-order valence-corrected chi connectivity index (χ4v) is 25.3. The fraction of sp³-hybridized carbons (Fsp3) is 0.400. The molecule has 0 N–H and O–H groups in total. The van der Waals surface area contributed by atoms with E-state index in [9.17, 15) is 0 Å². The molecule has 0 nitrogen and oxygen atoms in total. The normalized spacial score (nSPS) is 18.8. The van der Waals surface area contributed by atoms with Gasteiger partial charge in [0.15, 0.2) is 0 Å². The summed E-state index contributed by atoms with van der Waals surface area (Å²) in [6.45, 7) is 26.4. The van der Waals surface area contributed by atoms with Crippen molar-refractivity contribution in [3.8, 4) is 11.1 Å². The summed E-state index contributed by atoms with van der Waals surface area (Å²) in [4.78, 5) is 0. The van der Waals surface area contributed by atoms with Crippen molar-refractivity contribution in [3.05, 3.63) is 118 Å². The molecule has 0 radical (unpaired) electrons. The number of hydrogen-bond acceptors (Lipinski definition) is 0. The van der Waals surface area contributed by atoms with Crippen molar-refractivity contribution in [2.45, 2.75) is 104 Å². The van der Waals surface area contributed by atoms with Gasteiger partial charge in [-0.3, -0.25) is 0 Å². The summed E-state index contributed by atoms with van der Waals surface area (Å²) >= 11 is -4.31. The van der Waals surface area contributed by atoms with Gasteiger partial charge < -0.3 is 0 Å². The molecule has 4 aliphatic carbocycles. The number of fused-ring (bicyclic) bond motifs is 5. The van der Waals surface area contributed by atoms with Crippen molar-refractivity contribution < 1.29 is 18.3 Å². The molecule has 4 aliphatic rings. The number of aryl methyl sites for hydroxylation is 1. The van der Waals surface area contributed by atoms with Gasteiger partial charge in [0.25, 0.3) is 0 Å². The number of allylic oxidation sites excluding steroid dienone is 8. The first-order valence-electron chi connectivity index (χ1n) is 17.5. The van der Waals surface area contributed by atoms with Gasteiger partial charge in [-0.15, -0.1) is 24.8 Å². The molecule has 0 unspecified atom stereocenters. The Balaban J connectivity index is 0.00000225. The predicted molar refractivity (Wildman–Crippen MR) is 215 cm³/mol. The van der Waals surface area contributed by atoms with E-state index in [0.717, 1.165) is 12.8 Å². The molecule has 0 fully saturated rings. The molecule has 48 heavy (non-hydrogen) atoms. The maximum absolute atomic E-state index is 5.54. The Bertz CT molecular complexity index is 2060. The van der Waals surface area contributed by atoms with Crippen LogP contribution in [0.2, 0.25) is 4.63 Å². The van der Waals surface area contributed by atoms with Crippen LogP contribution in [0.4, 0.5) is 0 Å². The van der Waals surface area contributed by atoms with Crippen molar-refractivity contribution in [3.63, 3.8) is 0 Å². The van der Waals surface area contributed by atoms with Crippen molar-refractivity contribution in [2.24, 2.45) is 10.8 Å². The van der Waals surface area contributed by atoms with Gasteiger partial charge in [-0.1, -0.05) is 0 Å². The van der Waals surface area contributed by atoms with E-state index in [2.05, 4.69) is 154 Å². The molecule has 0 saturated heterocycles. The van der Waals surface area contributed by atoms with E-state index in [-0.39, 0.29) is 46.5 Å². The molecule has 0 aliphatic heterocycles. The minimum absolute atomic E-state index is 0. The zero-order valence-corrected chi connectivity index (χ0v) is 35.5. The molecule has 0 heterocycles. The van der Waals surface area contributed by atoms with Crippen molar-refractivity contribution in [2.75, 3.05) is 0 Å². The number of halogens is 2. The molecular formula is C45H56Cl2Zr. The summed E-state index contributed by atoms with van der Waals surface area (Å²) in [5, 5.41) is 0. The first-order valence-corrected chi connectivity index (χ1v) is 25.4. The standard InChI is InChI=1S/C31H37.C7H7.C5H5.CH3.CH2.2ClH.Zr/c1-28(2,3)26-16-30(7,8)24-12-18-11-19-13-25-23(15-21(19)20(18)14-22(24)26)27(29(4,5)6)17-31(25,9)10;1-7-5-3-2-4-6-7;1-2-4-5-3-1;;;;;/h12-16H,11H2,1-10H3;3-6H,1H3;1-3H,4H2;1H3;1H2;2*1H;. The van der Waals surface area contributed by atoms with Crippen LogP contribution < -0.4 is 3.27 Å². The van der Waals surface area contributed by atoms with Crippen LogP contribution >= 0.6 is 24.8 Å². The summed E-state index contributed by atoms with van der Waals surface area (Å²) in [6.07, 6.45) is 11.6. The van der Waals surface area contributed by atoms with Crippen molar-refractivity contribution in [1.29, 1.82) is 0 Å². The predicted octanol–water partition coefficient (Wildman–Crippen LogP) is 12.5. The Kier molecular flexibility index (Phi) is 8.70. The average Bonchev–Trinajstić information content (AvgIpc) is 3.70. The first-order chi connectivity index (χ1) is 21.2. The van der Waals surface area contributed by atoms with Crippen LogP contribution in [0, 0.1) is 17.8 Å². The quantitative estimate of drug-likeness (QED) is 0.195. The molecule has 7 rings (SSSR count). The van der Waals surface area contributed by atoms with Gasteiger partial charge in [-0.05, 0) is 0 Å². The summed E-state index contributed by atoms with van der Waals surface area (Å²) < 4.78 is 12.9. The van der Waals surface area contributed by atoms with Gasteiger partial charge in [0.05, 0.1) is 0 Å². The van der Waals surface area contributed by atoms with Crippen LogP contribution in [0.3, 0.4) is 0 Å². The zero-order chi connectivity index (χ0) is 33.4. The molecule has 0 amide bonds. The average molecular weight is 759 g/mol. The van der Waals surface area contributed by atoms with Gasteiger partial charge in [-0.2, -0.15) is 0 Å². The molecule has 0 spiro atoms. The van der Waals surface area contributed by atoms with E-state index in [0.29, 0.717) is 0 Å². The molecule has 3 heteroatoms. The van der Waals surface area contributed by atoms with Crippen LogP contribution in [0.1, 0.15) is 115 Å². The van der Waals surface area contributed by atoms with E-state index >= 15 is 0 Å². The third-order valence-corrected chi connectivity index (χ3v) is 27.5. The summed E-state index contributed by atoms with van der Waals surface area (Å²) in [5.74, 6) is 0. The Morgan fingerprint density at radius 3 is 1.81 bits per heavy atom. The third kappa shape index (κ3) is 5.11. The van der Waals surface area contributed by atoms with Gasteiger partial charge in [0, 0.05) is 0 Å². The van der Waals surface area contributed by atoms with Crippen LogP contribution in [-0.2, 0) is 35.5 Å². The Morgan fingerprint density at radius 1 is 0.729 bits per heavy atom. The van der Waals surface area contributed by atoms with Crippen molar-refractivity contribution in [1.82, 2.24) is 0 Å². The Morgan fingerprint density at radius 2 is 1.29 bits per heavy atom. The number of rotatable bonds is 3. The summed E-state index contributed by atoms with van der Waals surface area (Å²) in [6, 6.07) is 19.8. The summed E-state index contributed by atoms with van der Waals surface area (Å²) in [7, 11) is 0. The Labute approximate surface area is 304 Å². The van der Waals surface area contributed by atoms with E-state index < -0.39 is 18.3 Å². The molecule has 0 atom stereocenters. The van der Waals surface area contributed by atoms with Crippen LogP contribution in [-0.4, -0.2) is 4.21 Å². The maximum atomic E-state index is 5.54. The second kappa shape index (κ2) is 11.2. The molecule has 0 aromatic heterocycles.